The monoisotopic (exact) mass is 454 g/mol. The maximum atomic E-state index is 12.5. The summed E-state index contributed by atoms with van der Waals surface area (Å²) in [5.41, 5.74) is -0.203. The Morgan fingerprint density at radius 2 is 1.61 bits per heavy atom. The van der Waals surface area contributed by atoms with E-state index in [4.69, 9.17) is 9.47 Å². The molecule has 2 N–H and O–H groups in total. The third-order valence-corrected chi connectivity index (χ3v) is 5.04. The lowest BCUT2D eigenvalue weighted by Gasteiger charge is -2.43. The van der Waals surface area contributed by atoms with E-state index in [9.17, 15) is 36.8 Å². The van der Waals surface area contributed by atoms with E-state index >= 15 is 0 Å². The van der Waals surface area contributed by atoms with Gasteiger partial charge in [-0.05, 0) is 48.8 Å². The third kappa shape index (κ3) is 5.56. The van der Waals surface area contributed by atoms with Gasteiger partial charge in [0, 0.05) is 11.8 Å². The number of aryl methyl sites for hydroxylation is 1. The van der Waals surface area contributed by atoms with Crippen LogP contribution in [0.5, 0.6) is 5.75 Å². The lowest BCUT2D eigenvalue weighted by molar-refractivity contribution is -0.168. The van der Waals surface area contributed by atoms with Crippen LogP contribution in [0.25, 0.3) is 0 Å². The minimum atomic E-state index is -4.52. The van der Waals surface area contributed by atoms with Crippen molar-refractivity contribution in [1.82, 2.24) is 5.17 Å². The van der Waals surface area contributed by atoms with Gasteiger partial charge in [-0.1, -0.05) is 6.92 Å². The number of alkyl halides is 6. The van der Waals surface area contributed by atoms with Gasteiger partial charge in [-0.3, -0.25) is 10.4 Å². The number of hydrogen-bond acceptors (Lipinski definition) is 6. The first kappa shape index (κ1) is 23.1. The molecule has 1 aliphatic carbocycles. The molecular weight excluding hydrogens is 434 g/mol. The second kappa shape index (κ2) is 8.15. The van der Waals surface area contributed by atoms with Gasteiger partial charge in [0.25, 0.3) is 0 Å². The molecule has 0 saturated heterocycles. The molecule has 12 heteroatoms. The maximum absolute atomic E-state index is 12.5. The van der Waals surface area contributed by atoms with E-state index in [0.717, 1.165) is 0 Å². The summed E-state index contributed by atoms with van der Waals surface area (Å²) in [5.74, 6) is -0.0160. The number of allylic oxidation sites excluding steroid dienone is 4. The molecule has 1 aromatic rings. The number of anilines is 1. The molecule has 2 aliphatic rings. The van der Waals surface area contributed by atoms with Crippen LogP contribution >= 0.6 is 0 Å². The highest BCUT2D eigenvalue weighted by atomic mass is 19.4. The molecule has 0 spiro atoms. The lowest BCUT2D eigenvalue weighted by atomic mass is 9.74. The van der Waals surface area contributed by atoms with Crippen LogP contribution in [0.15, 0.2) is 41.8 Å². The summed E-state index contributed by atoms with van der Waals surface area (Å²) in [5, 5.41) is 21.9. The molecule has 172 valence electrons. The SMILES string of the molecule is CC12CCc3cc(OCC(F)(F)F)ccc3N(O)N(O)C1=CC=C(OCC(F)(F)F)C2. The topological polar surface area (TPSA) is 65.4 Å². The summed E-state index contributed by atoms with van der Waals surface area (Å²) in [6, 6.07) is 3.83. The Hall–Kier alpha value is -2.60. The molecule has 0 radical (unpaired) electrons. The third-order valence-electron chi connectivity index (χ3n) is 5.04. The number of nitrogens with zero attached hydrogens (tertiary/aromatic N) is 2. The molecule has 0 fully saturated rings. The Morgan fingerprint density at radius 3 is 2.26 bits per heavy atom. The van der Waals surface area contributed by atoms with E-state index in [1.165, 1.54) is 30.4 Å². The quantitative estimate of drug-likeness (QED) is 0.615. The average Bonchev–Trinajstić information content (AvgIpc) is 2.66. The van der Waals surface area contributed by atoms with Gasteiger partial charge in [0.2, 0.25) is 0 Å². The van der Waals surface area contributed by atoms with Crippen LogP contribution in [0.3, 0.4) is 0 Å². The average molecular weight is 454 g/mol. The second-order valence-electron chi connectivity index (χ2n) is 7.60. The molecule has 1 aromatic carbocycles. The number of ether oxygens (including phenoxy) is 2. The molecule has 0 saturated carbocycles. The van der Waals surface area contributed by atoms with Crippen LogP contribution in [-0.4, -0.2) is 41.2 Å². The summed E-state index contributed by atoms with van der Waals surface area (Å²) >= 11 is 0. The highest BCUT2D eigenvalue weighted by Crippen LogP contribution is 2.46. The first-order valence-corrected chi connectivity index (χ1v) is 9.19. The van der Waals surface area contributed by atoms with E-state index in [1.54, 1.807) is 6.92 Å². The van der Waals surface area contributed by atoms with Gasteiger partial charge in [-0.25, -0.2) is 0 Å². The zero-order valence-electron chi connectivity index (χ0n) is 16.3. The van der Waals surface area contributed by atoms with Crippen molar-refractivity contribution in [2.24, 2.45) is 5.41 Å². The fourth-order valence-electron chi connectivity index (χ4n) is 3.53. The number of rotatable bonds is 4. The van der Waals surface area contributed by atoms with Gasteiger partial charge < -0.3 is 9.47 Å². The van der Waals surface area contributed by atoms with Crippen molar-refractivity contribution in [2.75, 3.05) is 18.4 Å². The van der Waals surface area contributed by atoms with E-state index in [2.05, 4.69) is 0 Å². The first-order valence-electron chi connectivity index (χ1n) is 9.19. The highest BCUT2D eigenvalue weighted by molar-refractivity contribution is 5.55. The van der Waals surface area contributed by atoms with Crippen LogP contribution in [0.1, 0.15) is 25.3 Å². The van der Waals surface area contributed by atoms with Gasteiger partial charge in [0.05, 0.1) is 17.1 Å². The maximum Gasteiger partial charge on any atom is 0.422 e. The molecule has 31 heavy (non-hydrogen) atoms. The van der Waals surface area contributed by atoms with Crippen LogP contribution < -0.4 is 9.91 Å². The van der Waals surface area contributed by atoms with E-state index in [-0.39, 0.29) is 35.7 Å². The van der Waals surface area contributed by atoms with E-state index in [1.807, 2.05) is 0 Å². The zero-order chi connectivity index (χ0) is 23.0. The molecule has 0 amide bonds. The molecular formula is C19H20F6N2O4. The van der Waals surface area contributed by atoms with Gasteiger partial charge in [-0.15, -0.1) is 10.3 Å². The molecule has 1 unspecified atom stereocenters. The number of benzene rings is 1. The van der Waals surface area contributed by atoms with Crippen LogP contribution in [-0.2, 0) is 11.2 Å². The van der Waals surface area contributed by atoms with Crippen molar-refractivity contribution >= 4 is 5.69 Å². The van der Waals surface area contributed by atoms with Crippen molar-refractivity contribution in [3.63, 3.8) is 0 Å². The van der Waals surface area contributed by atoms with Gasteiger partial charge >= 0.3 is 12.4 Å². The Kier molecular flexibility index (Phi) is 6.07. The second-order valence-corrected chi connectivity index (χ2v) is 7.60. The van der Waals surface area contributed by atoms with E-state index in [0.29, 0.717) is 22.3 Å². The number of hydrogen-bond donors (Lipinski definition) is 2. The minimum absolute atomic E-state index is 0.0133. The molecule has 6 nitrogen and oxygen atoms in total. The number of halogens is 6. The predicted molar refractivity (Wildman–Crippen MR) is 95.1 cm³/mol. The van der Waals surface area contributed by atoms with Gasteiger partial charge in [0.1, 0.15) is 5.75 Å². The van der Waals surface area contributed by atoms with E-state index < -0.39 is 31.0 Å². The number of hydroxylamine groups is 1. The van der Waals surface area contributed by atoms with Crippen molar-refractivity contribution < 1.29 is 46.2 Å². The largest absolute Gasteiger partial charge is 0.488 e. The van der Waals surface area contributed by atoms with Crippen molar-refractivity contribution in [3.05, 3.63) is 47.4 Å². The minimum Gasteiger partial charge on any atom is -0.488 e. The van der Waals surface area contributed by atoms with Crippen LogP contribution in [0.2, 0.25) is 0 Å². The Morgan fingerprint density at radius 1 is 0.968 bits per heavy atom. The molecule has 0 aromatic heterocycles. The normalized spacial score (nSPS) is 22.0. The molecule has 1 heterocycles. The van der Waals surface area contributed by atoms with Crippen LogP contribution in [0.4, 0.5) is 32.0 Å². The van der Waals surface area contributed by atoms with Gasteiger partial charge in [-0.2, -0.15) is 26.3 Å². The Labute approximate surface area is 173 Å². The zero-order valence-corrected chi connectivity index (χ0v) is 16.3. The summed E-state index contributed by atoms with van der Waals surface area (Å²) in [7, 11) is 0. The molecule has 1 atom stereocenters. The number of hydrazine groups is 1. The fourth-order valence-corrected chi connectivity index (χ4v) is 3.53. The van der Waals surface area contributed by atoms with Crippen molar-refractivity contribution in [3.8, 4) is 5.75 Å². The Balaban J connectivity index is 1.85. The summed E-state index contributed by atoms with van der Waals surface area (Å²) < 4.78 is 84.2. The summed E-state index contributed by atoms with van der Waals surface area (Å²) in [4.78, 5) is 0. The number of fused-ring (bicyclic) bond motifs is 2. The standard InChI is InChI=1S/C19H20F6N2O4/c1-17-7-6-12-8-13(30-10-18(20,21)22)2-4-15(12)26(28)27(29)16(17)5-3-14(9-17)31-11-19(23,24)25/h2-5,8,28-29H,6-7,9-11H2,1H3. The molecule has 0 bridgehead atoms. The Bertz CT molecular complexity index is 883. The fraction of sp³-hybridized carbons (Fsp3) is 0.474. The van der Waals surface area contributed by atoms with Crippen molar-refractivity contribution in [2.45, 2.75) is 38.5 Å². The molecule has 3 rings (SSSR count). The summed E-state index contributed by atoms with van der Waals surface area (Å²) in [6.45, 7) is -1.28. The van der Waals surface area contributed by atoms with Crippen LogP contribution in [0, 0.1) is 5.41 Å². The smallest absolute Gasteiger partial charge is 0.422 e. The van der Waals surface area contributed by atoms with Crippen molar-refractivity contribution in [1.29, 1.82) is 0 Å². The lowest BCUT2D eigenvalue weighted by Crippen LogP contribution is -2.45. The predicted octanol–water partition coefficient (Wildman–Crippen LogP) is 5.13. The first-order chi connectivity index (χ1) is 14.3. The highest BCUT2D eigenvalue weighted by Gasteiger charge is 2.41. The molecule has 1 aliphatic heterocycles. The summed E-state index contributed by atoms with van der Waals surface area (Å²) in [6.07, 6.45) is -5.84. The van der Waals surface area contributed by atoms with Gasteiger partial charge in [0.15, 0.2) is 13.2 Å².